The van der Waals surface area contributed by atoms with Crippen LogP contribution in [-0.2, 0) is 0 Å². The fourth-order valence-corrected chi connectivity index (χ4v) is 2.34. The van der Waals surface area contributed by atoms with Crippen LogP contribution >= 0.6 is 0 Å². The van der Waals surface area contributed by atoms with Crippen molar-refractivity contribution >= 4 is 11.7 Å². The molecule has 0 radical (unpaired) electrons. The number of likely N-dealkylation sites (tertiary alicyclic amines) is 1. The minimum Gasteiger partial charge on any atom is -0.371 e. The Morgan fingerprint density at radius 2 is 2.37 bits per heavy atom. The number of pyridine rings is 1. The lowest BCUT2D eigenvalue weighted by atomic mass is 10.1. The minimum absolute atomic E-state index is 0.0348. The summed E-state index contributed by atoms with van der Waals surface area (Å²) >= 11 is 0. The zero-order chi connectivity index (χ0) is 13.8. The molecule has 1 unspecified atom stereocenters. The number of carbonyl (C=O) groups excluding carboxylic acids is 1. The average Bonchev–Trinajstić information content (AvgIpc) is 2.39. The molecule has 1 saturated heterocycles. The standard InChI is InChI=1S/C13H19FN4O/c1-15-12-11(14)10(5-6-16-12)13(19)17-9-4-3-7-18(2)8-9/h5-6,9H,3-4,7-8H2,1-2H3,(H,15,16)(H,17,19). The lowest BCUT2D eigenvalue weighted by Gasteiger charge is -2.30. The third-order valence-electron chi connectivity index (χ3n) is 3.33. The summed E-state index contributed by atoms with van der Waals surface area (Å²) in [4.78, 5) is 18.1. The van der Waals surface area contributed by atoms with Gasteiger partial charge < -0.3 is 15.5 Å². The molecule has 2 heterocycles. The highest BCUT2D eigenvalue weighted by molar-refractivity contribution is 5.95. The SMILES string of the molecule is CNc1nccc(C(=O)NC2CCCN(C)C2)c1F. The molecule has 5 nitrogen and oxygen atoms in total. The fourth-order valence-electron chi connectivity index (χ4n) is 2.34. The van der Waals surface area contributed by atoms with E-state index < -0.39 is 5.82 Å². The first-order valence-electron chi connectivity index (χ1n) is 6.43. The Bertz CT molecular complexity index is 466. The zero-order valence-corrected chi connectivity index (χ0v) is 11.2. The quantitative estimate of drug-likeness (QED) is 0.860. The van der Waals surface area contributed by atoms with Crippen LogP contribution in [0.15, 0.2) is 12.3 Å². The Morgan fingerprint density at radius 3 is 3.05 bits per heavy atom. The Hall–Kier alpha value is -1.69. The summed E-state index contributed by atoms with van der Waals surface area (Å²) in [5, 5.41) is 5.51. The van der Waals surface area contributed by atoms with E-state index in [0.717, 1.165) is 25.9 Å². The molecule has 1 fully saturated rings. The molecule has 2 rings (SSSR count). The molecule has 1 atom stereocenters. The van der Waals surface area contributed by atoms with Crippen molar-refractivity contribution in [2.75, 3.05) is 32.5 Å². The van der Waals surface area contributed by atoms with Crippen LogP contribution in [0.4, 0.5) is 10.2 Å². The number of nitrogens with zero attached hydrogens (tertiary/aromatic N) is 2. The first kappa shape index (κ1) is 13.7. The number of hydrogen-bond donors (Lipinski definition) is 2. The van der Waals surface area contributed by atoms with Crippen molar-refractivity contribution in [3.8, 4) is 0 Å². The van der Waals surface area contributed by atoms with E-state index in [-0.39, 0.29) is 23.3 Å². The molecule has 1 aromatic heterocycles. The van der Waals surface area contributed by atoms with Gasteiger partial charge in [0.15, 0.2) is 11.6 Å². The van der Waals surface area contributed by atoms with Crippen LogP contribution in [0.3, 0.4) is 0 Å². The van der Waals surface area contributed by atoms with Gasteiger partial charge in [0.25, 0.3) is 5.91 Å². The van der Waals surface area contributed by atoms with Gasteiger partial charge >= 0.3 is 0 Å². The number of anilines is 1. The van der Waals surface area contributed by atoms with Crippen molar-refractivity contribution in [2.45, 2.75) is 18.9 Å². The Kier molecular flexibility index (Phi) is 4.31. The predicted octanol–water partition coefficient (Wildman–Crippen LogP) is 1.09. The normalized spacial score (nSPS) is 20.1. The second-order valence-electron chi connectivity index (χ2n) is 4.85. The van der Waals surface area contributed by atoms with Crippen molar-refractivity contribution < 1.29 is 9.18 Å². The first-order chi connectivity index (χ1) is 9.11. The zero-order valence-electron chi connectivity index (χ0n) is 11.2. The number of carbonyl (C=O) groups is 1. The van der Waals surface area contributed by atoms with Crippen LogP contribution in [-0.4, -0.2) is 49.0 Å². The van der Waals surface area contributed by atoms with Gasteiger partial charge in [0.1, 0.15) is 0 Å². The molecular weight excluding hydrogens is 247 g/mol. The molecule has 19 heavy (non-hydrogen) atoms. The van der Waals surface area contributed by atoms with E-state index in [4.69, 9.17) is 0 Å². The van der Waals surface area contributed by atoms with Crippen molar-refractivity contribution in [3.05, 3.63) is 23.6 Å². The van der Waals surface area contributed by atoms with Crippen molar-refractivity contribution in [1.82, 2.24) is 15.2 Å². The molecule has 104 valence electrons. The van der Waals surface area contributed by atoms with E-state index in [1.807, 2.05) is 7.05 Å². The second kappa shape index (κ2) is 5.97. The van der Waals surface area contributed by atoms with Crippen LogP contribution in [0, 0.1) is 5.82 Å². The van der Waals surface area contributed by atoms with Gasteiger partial charge in [-0.25, -0.2) is 9.37 Å². The average molecular weight is 266 g/mol. The summed E-state index contributed by atoms with van der Waals surface area (Å²) in [6.45, 7) is 1.84. The highest BCUT2D eigenvalue weighted by atomic mass is 19.1. The molecule has 0 spiro atoms. The molecule has 0 bridgehead atoms. The summed E-state index contributed by atoms with van der Waals surface area (Å²) in [7, 11) is 3.59. The molecule has 0 aromatic carbocycles. The molecule has 1 aliphatic rings. The predicted molar refractivity (Wildman–Crippen MR) is 71.7 cm³/mol. The molecule has 1 amide bonds. The Labute approximate surface area is 112 Å². The lowest BCUT2D eigenvalue weighted by Crippen LogP contribution is -2.46. The lowest BCUT2D eigenvalue weighted by molar-refractivity contribution is 0.0908. The number of amides is 1. The van der Waals surface area contributed by atoms with Gasteiger partial charge in [0, 0.05) is 25.8 Å². The number of nitrogens with one attached hydrogen (secondary N) is 2. The maximum Gasteiger partial charge on any atom is 0.254 e. The van der Waals surface area contributed by atoms with Gasteiger partial charge in [-0.3, -0.25) is 4.79 Å². The first-order valence-corrected chi connectivity index (χ1v) is 6.43. The van der Waals surface area contributed by atoms with Crippen LogP contribution in [0.5, 0.6) is 0 Å². The number of rotatable bonds is 3. The smallest absolute Gasteiger partial charge is 0.254 e. The van der Waals surface area contributed by atoms with Gasteiger partial charge in [-0.2, -0.15) is 0 Å². The molecule has 6 heteroatoms. The Morgan fingerprint density at radius 1 is 1.58 bits per heavy atom. The van der Waals surface area contributed by atoms with E-state index in [2.05, 4.69) is 20.5 Å². The third-order valence-corrected chi connectivity index (χ3v) is 3.33. The van der Waals surface area contributed by atoms with Crippen LogP contribution in [0.25, 0.3) is 0 Å². The number of aromatic nitrogens is 1. The molecule has 0 aliphatic carbocycles. The number of halogens is 1. The highest BCUT2D eigenvalue weighted by Crippen LogP contribution is 2.15. The van der Waals surface area contributed by atoms with E-state index in [9.17, 15) is 9.18 Å². The van der Waals surface area contributed by atoms with E-state index in [1.54, 1.807) is 7.05 Å². The molecular formula is C13H19FN4O. The molecule has 1 aromatic rings. The van der Waals surface area contributed by atoms with Gasteiger partial charge in [0.05, 0.1) is 5.56 Å². The van der Waals surface area contributed by atoms with Crippen LogP contribution in [0.1, 0.15) is 23.2 Å². The summed E-state index contributed by atoms with van der Waals surface area (Å²) in [6, 6.07) is 1.48. The Balaban J connectivity index is 2.07. The maximum absolute atomic E-state index is 14.0. The van der Waals surface area contributed by atoms with Gasteiger partial charge in [0.2, 0.25) is 0 Å². The van der Waals surface area contributed by atoms with Crippen molar-refractivity contribution in [1.29, 1.82) is 0 Å². The van der Waals surface area contributed by atoms with Gasteiger partial charge in [-0.05, 0) is 32.5 Å². The number of piperidine rings is 1. The molecule has 2 N–H and O–H groups in total. The van der Waals surface area contributed by atoms with E-state index >= 15 is 0 Å². The van der Waals surface area contributed by atoms with E-state index in [1.165, 1.54) is 12.3 Å². The molecule has 1 aliphatic heterocycles. The summed E-state index contributed by atoms with van der Waals surface area (Å²) in [5.74, 6) is -0.892. The largest absolute Gasteiger partial charge is 0.371 e. The second-order valence-corrected chi connectivity index (χ2v) is 4.85. The summed E-state index contributed by atoms with van der Waals surface area (Å²) in [5.41, 5.74) is 0.0348. The fraction of sp³-hybridized carbons (Fsp3) is 0.538. The number of likely N-dealkylation sites (N-methyl/N-ethyl adjacent to an activating group) is 1. The molecule has 0 saturated carbocycles. The minimum atomic E-state index is -0.605. The van der Waals surface area contributed by atoms with Crippen LogP contribution < -0.4 is 10.6 Å². The summed E-state index contributed by atoms with van der Waals surface area (Å²) in [6.07, 6.45) is 3.40. The summed E-state index contributed by atoms with van der Waals surface area (Å²) < 4.78 is 14.0. The third kappa shape index (κ3) is 3.20. The maximum atomic E-state index is 14.0. The van der Waals surface area contributed by atoms with Crippen molar-refractivity contribution in [3.63, 3.8) is 0 Å². The van der Waals surface area contributed by atoms with Crippen molar-refractivity contribution in [2.24, 2.45) is 0 Å². The highest BCUT2D eigenvalue weighted by Gasteiger charge is 2.22. The monoisotopic (exact) mass is 266 g/mol. The van der Waals surface area contributed by atoms with E-state index in [0.29, 0.717) is 0 Å². The van der Waals surface area contributed by atoms with Crippen LogP contribution in [0.2, 0.25) is 0 Å². The van der Waals surface area contributed by atoms with Gasteiger partial charge in [-0.1, -0.05) is 0 Å². The topological polar surface area (TPSA) is 57.3 Å². The number of hydrogen-bond acceptors (Lipinski definition) is 4. The van der Waals surface area contributed by atoms with Gasteiger partial charge in [-0.15, -0.1) is 0 Å².